The molecule has 1 heterocycles. The highest BCUT2D eigenvalue weighted by Gasteiger charge is 2.21. The van der Waals surface area contributed by atoms with Crippen LogP contribution in [0.1, 0.15) is 51.8 Å². The topological polar surface area (TPSA) is 55.0 Å². The Bertz CT molecular complexity index is 473. The van der Waals surface area contributed by atoms with Crippen molar-refractivity contribution in [2.45, 2.75) is 52.6 Å². The first kappa shape index (κ1) is 14.3. The first-order valence-electron chi connectivity index (χ1n) is 6.06. The van der Waals surface area contributed by atoms with Crippen LogP contribution in [0, 0.1) is 11.3 Å². The maximum absolute atomic E-state index is 12.1. The predicted molar refractivity (Wildman–Crippen MR) is 69.5 cm³/mol. The number of rotatable bonds is 2. The summed E-state index contributed by atoms with van der Waals surface area (Å²) in [6.07, 6.45) is 1.60. The Morgan fingerprint density at radius 1 is 1.50 bits per heavy atom. The highest BCUT2D eigenvalue weighted by molar-refractivity contribution is 5.72. The molecule has 1 aromatic rings. The number of nitriles is 1. The van der Waals surface area contributed by atoms with Gasteiger partial charge >= 0.3 is 6.09 Å². The first-order valence-corrected chi connectivity index (χ1v) is 6.06. The van der Waals surface area contributed by atoms with Crippen molar-refractivity contribution < 1.29 is 9.53 Å². The summed E-state index contributed by atoms with van der Waals surface area (Å²) in [6, 6.07) is 3.97. The normalized spacial score (nSPS) is 11.4. The van der Waals surface area contributed by atoms with Gasteiger partial charge in [-0.15, -0.1) is 0 Å². The molecule has 4 nitrogen and oxygen atoms in total. The second kappa shape index (κ2) is 5.26. The molecule has 4 heteroatoms. The first-order chi connectivity index (χ1) is 8.24. The third-order valence-corrected chi connectivity index (χ3v) is 2.37. The molecule has 0 fully saturated rings. The smallest absolute Gasteiger partial charge is 0.418 e. The van der Waals surface area contributed by atoms with Gasteiger partial charge in [0.2, 0.25) is 0 Å². The fourth-order valence-electron chi connectivity index (χ4n) is 1.64. The van der Waals surface area contributed by atoms with Crippen molar-refractivity contribution in [1.29, 1.82) is 5.26 Å². The summed E-state index contributed by atoms with van der Waals surface area (Å²) >= 11 is 0. The molecule has 1 rings (SSSR count). The molecule has 0 saturated heterocycles. The van der Waals surface area contributed by atoms with Gasteiger partial charge < -0.3 is 4.74 Å². The molecule has 0 aromatic carbocycles. The zero-order valence-corrected chi connectivity index (χ0v) is 11.7. The summed E-state index contributed by atoms with van der Waals surface area (Å²) in [5.74, 6) is 0.199. The van der Waals surface area contributed by atoms with E-state index in [2.05, 4.69) is 6.07 Å². The minimum Gasteiger partial charge on any atom is -0.443 e. The Morgan fingerprint density at radius 3 is 2.56 bits per heavy atom. The SMILES string of the molecule is CC(C)c1cc(CC#N)cn1C(=O)OC(C)(C)C. The summed E-state index contributed by atoms with van der Waals surface area (Å²) in [6.45, 7) is 9.51. The molecule has 0 saturated carbocycles. The van der Waals surface area contributed by atoms with Crippen LogP contribution in [-0.2, 0) is 11.2 Å². The van der Waals surface area contributed by atoms with Gasteiger partial charge in [-0.05, 0) is 38.3 Å². The van der Waals surface area contributed by atoms with Gasteiger partial charge in [0.25, 0.3) is 0 Å². The van der Waals surface area contributed by atoms with Gasteiger partial charge in [-0.25, -0.2) is 4.79 Å². The maximum Gasteiger partial charge on any atom is 0.418 e. The van der Waals surface area contributed by atoms with E-state index in [0.717, 1.165) is 11.3 Å². The molecule has 1 aromatic heterocycles. The second-order valence-electron chi connectivity index (χ2n) is 5.61. The molecule has 0 bridgehead atoms. The zero-order valence-electron chi connectivity index (χ0n) is 11.7. The van der Waals surface area contributed by atoms with Gasteiger partial charge in [-0.3, -0.25) is 4.57 Å². The molecule has 0 aliphatic heterocycles. The molecule has 98 valence electrons. The van der Waals surface area contributed by atoms with E-state index in [4.69, 9.17) is 10.00 Å². The van der Waals surface area contributed by atoms with Gasteiger partial charge in [-0.1, -0.05) is 13.8 Å². The van der Waals surface area contributed by atoms with Crippen molar-refractivity contribution in [2.24, 2.45) is 0 Å². The van der Waals surface area contributed by atoms with Crippen LogP contribution >= 0.6 is 0 Å². The molecule has 18 heavy (non-hydrogen) atoms. The van der Waals surface area contributed by atoms with Crippen molar-refractivity contribution in [3.05, 3.63) is 23.5 Å². The van der Waals surface area contributed by atoms with Gasteiger partial charge in [0.1, 0.15) is 5.60 Å². The van der Waals surface area contributed by atoms with Gasteiger partial charge in [-0.2, -0.15) is 5.26 Å². The maximum atomic E-state index is 12.1. The van der Waals surface area contributed by atoms with E-state index in [9.17, 15) is 4.79 Å². The summed E-state index contributed by atoms with van der Waals surface area (Å²) < 4.78 is 6.85. The van der Waals surface area contributed by atoms with E-state index < -0.39 is 11.7 Å². The van der Waals surface area contributed by atoms with Crippen molar-refractivity contribution in [2.75, 3.05) is 0 Å². The average molecular weight is 248 g/mol. The van der Waals surface area contributed by atoms with Crippen LogP contribution in [0.2, 0.25) is 0 Å². The van der Waals surface area contributed by atoms with E-state index in [1.807, 2.05) is 40.7 Å². The van der Waals surface area contributed by atoms with Crippen LogP contribution in [0.25, 0.3) is 0 Å². The summed E-state index contributed by atoms with van der Waals surface area (Å²) in [4.78, 5) is 12.1. The van der Waals surface area contributed by atoms with E-state index in [1.54, 1.807) is 6.20 Å². The summed E-state index contributed by atoms with van der Waals surface area (Å²) in [7, 11) is 0. The molecule has 0 spiro atoms. The number of aromatic nitrogens is 1. The number of carbonyl (C=O) groups is 1. The van der Waals surface area contributed by atoms with Crippen LogP contribution in [0.4, 0.5) is 4.79 Å². The largest absolute Gasteiger partial charge is 0.443 e. The number of hydrogen-bond acceptors (Lipinski definition) is 3. The van der Waals surface area contributed by atoms with Gasteiger partial charge in [0.15, 0.2) is 0 Å². The molecule has 0 aliphatic carbocycles. The molecule has 0 unspecified atom stereocenters. The Balaban J connectivity index is 3.07. The lowest BCUT2D eigenvalue weighted by Crippen LogP contribution is -2.27. The Hall–Kier alpha value is -1.76. The fourth-order valence-corrected chi connectivity index (χ4v) is 1.64. The predicted octanol–water partition coefficient (Wildman–Crippen LogP) is 3.46. The monoisotopic (exact) mass is 248 g/mol. The fraction of sp³-hybridized carbons (Fsp3) is 0.571. The van der Waals surface area contributed by atoms with E-state index in [1.165, 1.54) is 4.57 Å². The third kappa shape index (κ3) is 3.63. The van der Waals surface area contributed by atoms with Crippen LogP contribution in [0.5, 0.6) is 0 Å². The molecular weight excluding hydrogens is 228 g/mol. The van der Waals surface area contributed by atoms with Crippen molar-refractivity contribution >= 4 is 6.09 Å². The number of ether oxygens (including phenoxy) is 1. The third-order valence-electron chi connectivity index (χ3n) is 2.37. The van der Waals surface area contributed by atoms with Crippen LogP contribution in [-0.4, -0.2) is 16.3 Å². The van der Waals surface area contributed by atoms with Gasteiger partial charge in [0.05, 0.1) is 12.5 Å². The minimum absolute atomic E-state index is 0.199. The Morgan fingerprint density at radius 2 is 2.11 bits per heavy atom. The van der Waals surface area contributed by atoms with E-state index in [0.29, 0.717) is 6.42 Å². The lowest BCUT2D eigenvalue weighted by molar-refractivity contribution is 0.0531. The number of carbonyl (C=O) groups excluding carboxylic acids is 1. The van der Waals surface area contributed by atoms with E-state index >= 15 is 0 Å². The lowest BCUT2D eigenvalue weighted by atomic mass is 10.1. The second-order valence-corrected chi connectivity index (χ2v) is 5.61. The van der Waals surface area contributed by atoms with E-state index in [-0.39, 0.29) is 5.92 Å². The van der Waals surface area contributed by atoms with Crippen molar-refractivity contribution in [3.63, 3.8) is 0 Å². The lowest BCUT2D eigenvalue weighted by Gasteiger charge is -2.21. The minimum atomic E-state index is -0.523. The van der Waals surface area contributed by atoms with Crippen LogP contribution < -0.4 is 0 Å². The Kier molecular flexibility index (Phi) is 4.18. The standard InChI is InChI=1S/C14H20N2O2/c1-10(2)12-8-11(6-7-15)9-16(12)13(17)18-14(3,4)5/h8-10H,6H2,1-5H3. The molecular formula is C14H20N2O2. The van der Waals surface area contributed by atoms with Crippen molar-refractivity contribution in [3.8, 4) is 6.07 Å². The van der Waals surface area contributed by atoms with Gasteiger partial charge in [0, 0.05) is 11.9 Å². The van der Waals surface area contributed by atoms with Crippen LogP contribution in [0.3, 0.4) is 0 Å². The molecule has 0 N–H and O–H groups in total. The summed E-state index contributed by atoms with van der Waals surface area (Å²) in [5, 5.41) is 8.71. The summed E-state index contributed by atoms with van der Waals surface area (Å²) in [5.41, 5.74) is 1.19. The average Bonchev–Trinajstić information content (AvgIpc) is 2.59. The molecule has 0 atom stereocenters. The zero-order chi connectivity index (χ0) is 13.9. The molecule has 0 aliphatic rings. The highest BCUT2D eigenvalue weighted by Crippen LogP contribution is 2.20. The molecule has 0 amide bonds. The highest BCUT2D eigenvalue weighted by atomic mass is 16.6. The Labute approximate surface area is 108 Å². The van der Waals surface area contributed by atoms with Crippen molar-refractivity contribution in [1.82, 2.24) is 4.57 Å². The number of hydrogen-bond donors (Lipinski definition) is 0. The van der Waals surface area contributed by atoms with Crippen LogP contribution in [0.15, 0.2) is 12.3 Å². The molecule has 0 radical (unpaired) electrons. The quantitative estimate of drug-likeness (QED) is 0.805. The number of nitrogens with zero attached hydrogens (tertiary/aromatic N) is 2.